The molecule has 0 spiro atoms. The zero-order valence-corrected chi connectivity index (χ0v) is 15.5. The number of benzene rings is 2. The number of fused-ring (bicyclic) bond motifs is 2. The topological polar surface area (TPSA) is 6.48 Å². The minimum absolute atomic E-state index is 0.828. The Hall–Kier alpha value is -1.51. The molecule has 0 fully saturated rings. The molecule has 0 unspecified atom stereocenters. The number of para-hydroxylation sites is 1. The molecule has 2 nitrogen and oxygen atoms in total. The van der Waals surface area contributed by atoms with E-state index in [0.717, 1.165) is 31.1 Å². The zero-order chi connectivity index (χ0) is 16.9. The second-order valence-electron chi connectivity index (χ2n) is 6.46. The van der Waals surface area contributed by atoms with Gasteiger partial charge in [0.25, 0.3) is 0 Å². The third kappa shape index (κ3) is 3.76. The van der Waals surface area contributed by atoms with Crippen LogP contribution in [0.2, 0.25) is 5.02 Å². The third-order valence-corrected chi connectivity index (χ3v) is 5.23. The highest BCUT2D eigenvalue weighted by Gasteiger charge is 2.22. The van der Waals surface area contributed by atoms with Crippen molar-refractivity contribution < 1.29 is 0 Å². The molecule has 128 valence electrons. The first-order chi connectivity index (χ1) is 11.7. The molecule has 0 aromatic heterocycles. The van der Waals surface area contributed by atoms with Crippen molar-refractivity contribution in [3.05, 3.63) is 58.6 Å². The van der Waals surface area contributed by atoms with Crippen LogP contribution < -0.4 is 4.90 Å². The summed E-state index contributed by atoms with van der Waals surface area (Å²) in [6, 6.07) is 15.1. The summed E-state index contributed by atoms with van der Waals surface area (Å²) in [5, 5.41) is 0.828. The maximum atomic E-state index is 6.22. The summed E-state index contributed by atoms with van der Waals surface area (Å²) in [7, 11) is 0. The fraction of sp³-hybridized carbons (Fsp3) is 0.429. The molecule has 0 N–H and O–H groups in total. The van der Waals surface area contributed by atoms with Crippen molar-refractivity contribution in [1.29, 1.82) is 0 Å². The molecule has 1 aliphatic rings. The highest BCUT2D eigenvalue weighted by molar-refractivity contribution is 6.30. The van der Waals surface area contributed by atoms with Crippen LogP contribution in [-0.2, 0) is 6.42 Å². The van der Waals surface area contributed by atoms with Gasteiger partial charge >= 0.3 is 0 Å². The van der Waals surface area contributed by atoms with Gasteiger partial charge in [0.1, 0.15) is 0 Å². The molecule has 0 atom stereocenters. The molecule has 0 saturated carbocycles. The summed E-state index contributed by atoms with van der Waals surface area (Å²) in [5.41, 5.74) is 5.41. The van der Waals surface area contributed by atoms with E-state index in [1.807, 2.05) is 6.07 Å². The monoisotopic (exact) mass is 342 g/mol. The number of halogens is 1. The molecule has 0 aliphatic carbocycles. The lowest BCUT2D eigenvalue weighted by atomic mass is 9.95. The molecular weight excluding hydrogens is 316 g/mol. The summed E-state index contributed by atoms with van der Waals surface area (Å²) in [5.74, 6) is 0. The van der Waals surface area contributed by atoms with Crippen LogP contribution in [0.15, 0.2) is 42.5 Å². The van der Waals surface area contributed by atoms with Gasteiger partial charge in [-0.05, 0) is 67.9 Å². The molecule has 0 saturated heterocycles. The molecule has 24 heavy (non-hydrogen) atoms. The van der Waals surface area contributed by atoms with E-state index < -0.39 is 0 Å². The van der Waals surface area contributed by atoms with Crippen molar-refractivity contribution >= 4 is 23.0 Å². The van der Waals surface area contributed by atoms with E-state index in [-0.39, 0.29) is 0 Å². The Morgan fingerprint density at radius 1 is 0.958 bits per heavy atom. The number of nitrogens with zero attached hydrogens (tertiary/aromatic N) is 2. The van der Waals surface area contributed by atoms with E-state index in [9.17, 15) is 0 Å². The summed E-state index contributed by atoms with van der Waals surface area (Å²) in [4.78, 5) is 4.98. The summed E-state index contributed by atoms with van der Waals surface area (Å²) >= 11 is 6.22. The van der Waals surface area contributed by atoms with Gasteiger partial charge in [0, 0.05) is 29.4 Å². The lowest BCUT2D eigenvalue weighted by Gasteiger charge is -2.33. The number of rotatable bonds is 7. The molecule has 1 aliphatic heterocycles. The minimum atomic E-state index is 0.828. The number of hydrogen-bond acceptors (Lipinski definition) is 2. The summed E-state index contributed by atoms with van der Waals surface area (Å²) in [6.07, 6.45) is 3.41. The van der Waals surface area contributed by atoms with E-state index in [1.54, 1.807) is 0 Å². The van der Waals surface area contributed by atoms with Gasteiger partial charge in [0.2, 0.25) is 0 Å². The van der Waals surface area contributed by atoms with Crippen molar-refractivity contribution in [2.75, 3.05) is 31.1 Å². The molecular formula is C21H27ClN2. The van der Waals surface area contributed by atoms with E-state index in [1.165, 1.54) is 41.9 Å². The molecule has 2 aromatic carbocycles. The Kier molecular flexibility index (Phi) is 5.80. The summed E-state index contributed by atoms with van der Waals surface area (Å²) in [6.45, 7) is 9.02. The van der Waals surface area contributed by atoms with Gasteiger partial charge in [-0.15, -0.1) is 0 Å². The first kappa shape index (κ1) is 17.3. The van der Waals surface area contributed by atoms with Crippen LogP contribution in [0.5, 0.6) is 0 Å². The Morgan fingerprint density at radius 3 is 2.50 bits per heavy atom. The molecule has 3 heteroatoms. The van der Waals surface area contributed by atoms with Gasteiger partial charge in [-0.25, -0.2) is 0 Å². The van der Waals surface area contributed by atoms with Crippen molar-refractivity contribution in [2.24, 2.45) is 0 Å². The third-order valence-electron chi connectivity index (χ3n) is 5.00. The standard InChI is InChI=1S/C21H27ClN2/c1-3-23(4-2)13-7-8-14-24-20-10-6-5-9-17(20)15-18-16-19(22)11-12-21(18)24/h5-6,9-12,16H,3-4,7-8,13-15H2,1-2H3. The number of anilines is 2. The van der Waals surface area contributed by atoms with Crippen LogP contribution in [0.4, 0.5) is 11.4 Å². The molecule has 0 amide bonds. The second-order valence-corrected chi connectivity index (χ2v) is 6.90. The summed E-state index contributed by atoms with van der Waals surface area (Å²) < 4.78 is 0. The van der Waals surface area contributed by atoms with Crippen molar-refractivity contribution in [3.63, 3.8) is 0 Å². The first-order valence-electron chi connectivity index (χ1n) is 9.09. The van der Waals surface area contributed by atoms with Crippen LogP contribution in [0.3, 0.4) is 0 Å². The average molecular weight is 343 g/mol. The fourth-order valence-electron chi connectivity index (χ4n) is 3.60. The van der Waals surface area contributed by atoms with Gasteiger partial charge in [-0.1, -0.05) is 43.6 Å². The van der Waals surface area contributed by atoms with E-state index in [2.05, 4.69) is 60.0 Å². The van der Waals surface area contributed by atoms with Crippen LogP contribution in [0.1, 0.15) is 37.8 Å². The van der Waals surface area contributed by atoms with Gasteiger partial charge in [0.15, 0.2) is 0 Å². The maximum absolute atomic E-state index is 6.22. The van der Waals surface area contributed by atoms with Crippen molar-refractivity contribution in [3.8, 4) is 0 Å². The lowest BCUT2D eigenvalue weighted by Crippen LogP contribution is -2.27. The number of hydrogen-bond donors (Lipinski definition) is 0. The van der Waals surface area contributed by atoms with Gasteiger partial charge in [0.05, 0.1) is 0 Å². The van der Waals surface area contributed by atoms with Crippen LogP contribution in [0, 0.1) is 0 Å². The van der Waals surface area contributed by atoms with E-state index >= 15 is 0 Å². The highest BCUT2D eigenvalue weighted by Crippen LogP contribution is 2.39. The first-order valence-corrected chi connectivity index (χ1v) is 9.47. The van der Waals surface area contributed by atoms with Crippen molar-refractivity contribution in [1.82, 2.24) is 4.90 Å². The average Bonchev–Trinajstić information content (AvgIpc) is 2.60. The van der Waals surface area contributed by atoms with Gasteiger partial charge in [-0.2, -0.15) is 0 Å². The SMILES string of the molecule is CCN(CC)CCCCN1c2ccccc2Cc2cc(Cl)ccc21. The fourth-order valence-corrected chi connectivity index (χ4v) is 3.80. The largest absolute Gasteiger partial charge is 0.341 e. The van der Waals surface area contributed by atoms with Crippen LogP contribution in [-0.4, -0.2) is 31.1 Å². The Morgan fingerprint density at radius 2 is 1.71 bits per heavy atom. The maximum Gasteiger partial charge on any atom is 0.0447 e. The second kappa shape index (κ2) is 8.04. The quantitative estimate of drug-likeness (QED) is 0.612. The Bertz CT molecular complexity index is 679. The normalized spacial score (nSPS) is 13.1. The van der Waals surface area contributed by atoms with Crippen molar-refractivity contribution in [2.45, 2.75) is 33.1 Å². The Labute approximate surface area is 151 Å². The van der Waals surface area contributed by atoms with E-state index in [4.69, 9.17) is 11.6 Å². The zero-order valence-electron chi connectivity index (χ0n) is 14.8. The number of unbranched alkanes of at least 4 members (excludes halogenated alkanes) is 1. The minimum Gasteiger partial charge on any atom is -0.341 e. The molecule has 0 radical (unpaired) electrons. The molecule has 1 heterocycles. The highest BCUT2D eigenvalue weighted by atomic mass is 35.5. The Balaban J connectivity index is 1.75. The predicted octanol–water partition coefficient (Wildman–Crippen LogP) is 5.50. The van der Waals surface area contributed by atoms with E-state index in [0.29, 0.717) is 0 Å². The smallest absolute Gasteiger partial charge is 0.0447 e. The van der Waals surface area contributed by atoms with Crippen LogP contribution >= 0.6 is 11.6 Å². The van der Waals surface area contributed by atoms with Crippen LogP contribution in [0.25, 0.3) is 0 Å². The van der Waals surface area contributed by atoms with Gasteiger partial charge in [-0.3, -0.25) is 0 Å². The molecule has 0 bridgehead atoms. The predicted molar refractivity (Wildman–Crippen MR) is 105 cm³/mol. The lowest BCUT2D eigenvalue weighted by molar-refractivity contribution is 0.297. The molecule has 2 aromatic rings. The van der Waals surface area contributed by atoms with Gasteiger partial charge < -0.3 is 9.80 Å². The molecule has 3 rings (SSSR count).